The van der Waals surface area contributed by atoms with Crippen molar-refractivity contribution in [1.82, 2.24) is 0 Å². The zero-order chi connectivity index (χ0) is 8.91. The fraction of sp³-hybridized carbons (Fsp3) is 0.857. The molecular formula is C7H15NO2Si. The maximum atomic E-state index is 8.06. The summed E-state index contributed by atoms with van der Waals surface area (Å²) in [7, 11) is -1.59. The third-order valence-electron chi connectivity index (χ3n) is 1.94. The van der Waals surface area contributed by atoms with Gasteiger partial charge in [0.1, 0.15) is 0 Å². The highest BCUT2D eigenvalue weighted by molar-refractivity contribution is 6.72. The number of nitriles is 1. The minimum Gasteiger partial charge on any atom is -0.399 e. The van der Waals surface area contributed by atoms with Gasteiger partial charge in [-0.15, -0.1) is 0 Å². The van der Waals surface area contributed by atoms with Crippen LogP contribution in [0.1, 0.15) is 13.8 Å². The fourth-order valence-corrected chi connectivity index (χ4v) is 1.07. The summed E-state index contributed by atoms with van der Waals surface area (Å²) in [5.41, 5.74) is 0.546. The Morgan fingerprint density at radius 2 is 2.00 bits per heavy atom. The van der Waals surface area contributed by atoms with Crippen molar-refractivity contribution in [3.63, 3.8) is 0 Å². The first kappa shape index (κ1) is 10.5. The van der Waals surface area contributed by atoms with Crippen LogP contribution in [0.3, 0.4) is 0 Å². The van der Waals surface area contributed by atoms with E-state index in [-0.39, 0.29) is 6.79 Å². The van der Waals surface area contributed by atoms with Crippen molar-refractivity contribution in [3.8, 4) is 6.26 Å². The van der Waals surface area contributed by atoms with E-state index in [9.17, 15) is 0 Å². The van der Waals surface area contributed by atoms with Crippen LogP contribution in [0.15, 0.2) is 0 Å². The Morgan fingerprint density at radius 3 is 2.36 bits per heavy atom. The highest BCUT2D eigenvalue weighted by Gasteiger charge is 2.26. The van der Waals surface area contributed by atoms with Crippen molar-refractivity contribution in [1.29, 1.82) is 5.26 Å². The van der Waals surface area contributed by atoms with Crippen LogP contribution in [0.2, 0.25) is 18.6 Å². The Kier molecular flexibility index (Phi) is 4.15. The molecule has 0 aromatic heterocycles. The van der Waals surface area contributed by atoms with E-state index in [1.54, 1.807) is 6.26 Å². The molecule has 0 spiro atoms. The number of nitrogens with zero attached hydrogens (tertiary/aromatic N) is 1. The maximum absolute atomic E-state index is 8.06. The summed E-state index contributed by atoms with van der Waals surface area (Å²) in [4.78, 5) is 0. The van der Waals surface area contributed by atoms with Crippen LogP contribution >= 0.6 is 0 Å². The molecule has 0 aliphatic rings. The van der Waals surface area contributed by atoms with Crippen LogP contribution in [-0.2, 0) is 9.16 Å². The monoisotopic (exact) mass is 173 g/mol. The topological polar surface area (TPSA) is 42.2 Å². The van der Waals surface area contributed by atoms with Gasteiger partial charge in [0.2, 0.25) is 0 Å². The van der Waals surface area contributed by atoms with Crippen molar-refractivity contribution < 1.29 is 9.16 Å². The lowest BCUT2D eigenvalue weighted by molar-refractivity contribution is 0.0827. The molecular weight excluding hydrogens is 158 g/mol. The van der Waals surface area contributed by atoms with E-state index in [2.05, 4.69) is 31.7 Å². The lowest BCUT2D eigenvalue weighted by atomic mass is 10.6. The maximum Gasteiger partial charge on any atom is 0.288 e. The molecule has 11 heavy (non-hydrogen) atoms. The number of hydrogen-bond acceptors (Lipinski definition) is 3. The summed E-state index contributed by atoms with van der Waals surface area (Å²) in [6.07, 6.45) is 1.58. The molecule has 4 heteroatoms. The molecule has 0 N–H and O–H groups in total. The van der Waals surface area contributed by atoms with Crippen molar-refractivity contribution >= 4 is 8.32 Å². The van der Waals surface area contributed by atoms with Gasteiger partial charge in [0, 0.05) is 0 Å². The Hall–Kier alpha value is -0.533. The Balaban J connectivity index is 3.66. The largest absolute Gasteiger partial charge is 0.399 e. The van der Waals surface area contributed by atoms with Crippen molar-refractivity contribution in [2.75, 3.05) is 6.79 Å². The minimum absolute atomic E-state index is 0.105. The molecule has 3 nitrogen and oxygen atoms in total. The minimum atomic E-state index is -1.59. The van der Waals surface area contributed by atoms with Crippen molar-refractivity contribution in [3.05, 3.63) is 0 Å². The normalized spacial score (nSPS) is 11.3. The van der Waals surface area contributed by atoms with Crippen LogP contribution in [0, 0.1) is 11.5 Å². The third-order valence-corrected chi connectivity index (χ3v) is 5.59. The number of rotatable bonds is 4. The summed E-state index contributed by atoms with van der Waals surface area (Å²) in [5.74, 6) is 0. The molecule has 0 rings (SSSR count). The van der Waals surface area contributed by atoms with E-state index in [1.807, 2.05) is 0 Å². The molecule has 0 aromatic carbocycles. The summed E-state index contributed by atoms with van der Waals surface area (Å²) in [5, 5.41) is 8.06. The summed E-state index contributed by atoms with van der Waals surface area (Å²) >= 11 is 0. The first-order valence-electron chi connectivity index (χ1n) is 3.65. The molecule has 0 fully saturated rings. The van der Waals surface area contributed by atoms with Crippen LogP contribution in [0.25, 0.3) is 0 Å². The SMILES string of the molecule is CC(C)[Si](C)(C)OCOC#N. The third kappa shape index (κ3) is 4.01. The highest BCUT2D eigenvalue weighted by Crippen LogP contribution is 2.20. The van der Waals surface area contributed by atoms with Gasteiger partial charge in [-0.25, -0.2) is 0 Å². The summed E-state index contributed by atoms with van der Waals surface area (Å²) in [6, 6.07) is 0. The van der Waals surface area contributed by atoms with Crippen LogP contribution < -0.4 is 0 Å². The molecule has 0 amide bonds. The molecule has 0 saturated heterocycles. The Morgan fingerprint density at radius 1 is 1.45 bits per heavy atom. The summed E-state index contributed by atoms with van der Waals surface area (Å²) in [6.45, 7) is 8.57. The van der Waals surface area contributed by atoms with Crippen molar-refractivity contribution in [2.24, 2.45) is 0 Å². The molecule has 0 unspecified atom stereocenters. The molecule has 0 aromatic rings. The second kappa shape index (κ2) is 4.37. The van der Waals surface area contributed by atoms with Crippen LogP contribution in [0.4, 0.5) is 0 Å². The Bertz CT molecular complexity index is 151. The van der Waals surface area contributed by atoms with Gasteiger partial charge in [-0.3, -0.25) is 0 Å². The van der Waals surface area contributed by atoms with Crippen molar-refractivity contribution in [2.45, 2.75) is 32.5 Å². The van der Waals surface area contributed by atoms with Gasteiger partial charge in [0.05, 0.1) is 0 Å². The second-order valence-electron chi connectivity index (χ2n) is 3.26. The van der Waals surface area contributed by atoms with Gasteiger partial charge in [0.25, 0.3) is 6.26 Å². The van der Waals surface area contributed by atoms with E-state index in [4.69, 9.17) is 9.69 Å². The molecule has 0 aliphatic carbocycles. The molecule has 0 heterocycles. The van der Waals surface area contributed by atoms with E-state index in [1.165, 1.54) is 0 Å². The first-order chi connectivity index (χ1) is 5.00. The van der Waals surface area contributed by atoms with Gasteiger partial charge in [-0.1, -0.05) is 13.8 Å². The Labute approximate surface area is 69.1 Å². The predicted molar refractivity (Wildman–Crippen MR) is 45.2 cm³/mol. The predicted octanol–water partition coefficient (Wildman–Crippen LogP) is 2.07. The molecule has 0 saturated carbocycles. The smallest absolute Gasteiger partial charge is 0.288 e. The van der Waals surface area contributed by atoms with Crippen LogP contribution in [0.5, 0.6) is 0 Å². The zero-order valence-electron chi connectivity index (χ0n) is 7.55. The average molecular weight is 173 g/mol. The number of ether oxygens (including phenoxy) is 1. The quantitative estimate of drug-likeness (QED) is 0.283. The van der Waals surface area contributed by atoms with Gasteiger partial charge in [0.15, 0.2) is 15.1 Å². The summed E-state index contributed by atoms with van der Waals surface area (Å²) < 4.78 is 9.86. The molecule has 0 radical (unpaired) electrons. The van der Waals surface area contributed by atoms with Gasteiger partial charge >= 0.3 is 0 Å². The fourth-order valence-electron chi connectivity index (χ4n) is 0.374. The van der Waals surface area contributed by atoms with Gasteiger partial charge in [-0.2, -0.15) is 5.26 Å². The van der Waals surface area contributed by atoms with Gasteiger partial charge in [-0.05, 0) is 18.6 Å². The van der Waals surface area contributed by atoms with E-state index in [0.717, 1.165) is 0 Å². The average Bonchev–Trinajstić information content (AvgIpc) is 1.88. The lowest BCUT2D eigenvalue weighted by Crippen LogP contribution is -2.34. The molecule has 0 atom stereocenters. The lowest BCUT2D eigenvalue weighted by Gasteiger charge is -2.25. The van der Waals surface area contributed by atoms with E-state index >= 15 is 0 Å². The molecule has 64 valence electrons. The van der Waals surface area contributed by atoms with E-state index < -0.39 is 8.32 Å². The first-order valence-corrected chi connectivity index (χ1v) is 6.64. The van der Waals surface area contributed by atoms with Gasteiger partial charge < -0.3 is 9.16 Å². The standard InChI is InChI=1S/C7H15NO2Si/c1-7(2)11(3,4)10-6-9-5-8/h7H,6H2,1-4H3. The number of hydrogen-bond donors (Lipinski definition) is 0. The van der Waals surface area contributed by atoms with E-state index in [0.29, 0.717) is 5.54 Å². The van der Waals surface area contributed by atoms with Crippen LogP contribution in [-0.4, -0.2) is 15.1 Å². The molecule has 0 aliphatic heterocycles. The zero-order valence-corrected chi connectivity index (χ0v) is 8.55. The highest BCUT2D eigenvalue weighted by atomic mass is 28.4. The molecule has 0 bridgehead atoms. The second-order valence-corrected chi connectivity index (χ2v) is 7.91.